The van der Waals surface area contributed by atoms with Gasteiger partial charge in [0.05, 0.1) is 30.1 Å². The molecule has 156 valence electrons. The highest BCUT2D eigenvalue weighted by atomic mass is 32.2. The number of carbonyl (C=O) groups is 1. The van der Waals surface area contributed by atoms with E-state index in [0.29, 0.717) is 41.5 Å². The van der Waals surface area contributed by atoms with Crippen LogP contribution in [-0.4, -0.2) is 61.2 Å². The van der Waals surface area contributed by atoms with Crippen LogP contribution in [0.3, 0.4) is 0 Å². The number of benzene rings is 1. The van der Waals surface area contributed by atoms with Gasteiger partial charge in [-0.15, -0.1) is 0 Å². The summed E-state index contributed by atoms with van der Waals surface area (Å²) in [7, 11) is 0. The Labute approximate surface area is 177 Å². The Bertz CT molecular complexity index is 1150. The molecular weight excluding hydrogens is 402 g/mol. The normalized spacial score (nSPS) is 23.7. The fourth-order valence-corrected chi connectivity index (χ4v) is 5.38. The number of para-hydroxylation sites is 1. The van der Waals surface area contributed by atoms with Crippen LogP contribution in [0.25, 0.3) is 16.7 Å². The molecule has 0 aliphatic carbocycles. The van der Waals surface area contributed by atoms with Crippen LogP contribution >= 0.6 is 11.8 Å². The van der Waals surface area contributed by atoms with Crippen molar-refractivity contribution in [1.82, 2.24) is 24.2 Å². The molecule has 0 bridgehead atoms. The van der Waals surface area contributed by atoms with Gasteiger partial charge in [-0.3, -0.25) is 14.2 Å². The Kier molecular flexibility index (Phi) is 4.86. The number of thioether (sulfide) groups is 1. The number of carbonyl (C=O) groups excluding carboxylic acids is 1. The van der Waals surface area contributed by atoms with Gasteiger partial charge in [0.1, 0.15) is 5.39 Å². The second-order valence-corrected chi connectivity index (χ2v) is 8.91. The minimum Gasteiger partial charge on any atom is -0.372 e. The highest BCUT2D eigenvalue weighted by Crippen LogP contribution is 2.34. The van der Waals surface area contributed by atoms with E-state index >= 15 is 0 Å². The summed E-state index contributed by atoms with van der Waals surface area (Å²) in [6, 6.07) is 9.44. The van der Waals surface area contributed by atoms with Crippen molar-refractivity contribution in [2.75, 3.05) is 18.8 Å². The highest BCUT2D eigenvalue weighted by molar-refractivity contribution is 7.99. The molecule has 9 heteroatoms. The van der Waals surface area contributed by atoms with E-state index in [0.717, 1.165) is 5.69 Å². The number of rotatable bonds is 3. The molecule has 3 aromatic rings. The summed E-state index contributed by atoms with van der Waals surface area (Å²) in [6.45, 7) is 5.14. The molecule has 1 saturated heterocycles. The van der Waals surface area contributed by atoms with E-state index in [1.54, 1.807) is 15.4 Å². The van der Waals surface area contributed by atoms with Crippen LogP contribution in [0.15, 0.2) is 46.5 Å². The molecule has 3 atom stereocenters. The molecule has 1 amide bonds. The summed E-state index contributed by atoms with van der Waals surface area (Å²) in [5, 5.41) is 5.50. The molecular formula is C21H23N5O3S. The fourth-order valence-electron chi connectivity index (χ4n) is 4.25. The van der Waals surface area contributed by atoms with Crippen LogP contribution in [0, 0.1) is 0 Å². The Hall–Kier alpha value is -2.65. The van der Waals surface area contributed by atoms with E-state index in [4.69, 9.17) is 9.72 Å². The van der Waals surface area contributed by atoms with Crippen molar-refractivity contribution >= 4 is 28.7 Å². The number of amides is 1. The predicted molar refractivity (Wildman–Crippen MR) is 114 cm³/mol. The molecule has 0 spiro atoms. The van der Waals surface area contributed by atoms with Crippen molar-refractivity contribution in [2.45, 2.75) is 43.7 Å². The zero-order valence-electron chi connectivity index (χ0n) is 16.9. The molecule has 0 unspecified atom stereocenters. The summed E-state index contributed by atoms with van der Waals surface area (Å²) < 4.78 is 9.09. The number of fused-ring (bicyclic) bond motifs is 2. The standard InChI is InChI=1S/C21H23N5O3S/c1-13-10-24(11-14(2)29-13)18(27)8-16-12-30-21-23-19-17(20(28)25(16)21)9-22-26(19)15-6-4-3-5-7-15/h3-7,9,13-14,16H,8,10-12H2,1-2H3/t13-,14-,16-/m1/s1. The van der Waals surface area contributed by atoms with Crippen LogP contribution in [0.2, 0.25) is 0 Å². The van der Waals surface area contributed by atoms with Crippen molar-refractivity contribution in [3.05, 3.63) is 46.9 Å². The van der Waals surface area contributed by atoms with Crippen molar-refractivity contribution in [3.63, 3.8) is 0 Å². The first-order chi connectivity index (χ1) is 14.5. The second kappa shape index (κ2) is 7.55. The van der Waals surface area contributed by atoms with E-state index in [9.17, 15) is 9.59 Å². The average molecular weight is 426 g/mol. The molecule has 0 N–H and O–H groups in total. The van der Waals surface area contributed by atoms with Gasteiger partial charge < -0.3 is 9.64 Å². The number of aromatic nitrogens is 4. The lowest BCUT2D eigenvalue weighted by molar-refractivity contribution is -0.143. The third-order valence-electron chi connectivity index (χ3n) is 5.55. The lowest BCUT2D eigenvalue weighted by atomic mass is 10.1. The van der Waals surface area contributed by atoms with Crippen LogP contribution in [-0.2, 0) is 9.53 Å². The molecule has 2 aliphatic heterocycles. The third-order valence-corrected chi connectivity index (χ3v) is 6.65. The molecule has 0 radical (unpaired) electrons. The summed E-state index contributed by atoms with van der Waals surface area (Å²) in [4.78, 5) is 32.8. The van der Waals surface area contributed by atoms with Gasteiger partial charge in [0.25, 0.3) is 5.56 Å². The SMILES string of the molecule is C[C@@H]1CN(C(=O)C[C@@H]2CSc3nc4c(cnn4-c4ccccc4)c(=O)n32)C[C@@H](C)O1. The monoisotopic (exact) mass is 425 g/mol. The molecule has 2 aliphatic rings. The first-order valence-electron chi connectivity index (χ1n) is 10.1. The first-order valence-corrected chi connectivity index (χ1v) is 11.1. The Morgan fingerprint density at radius 1 is 1.20 bits per heavy atom. The van der Waals surface area contributed by atoms with E-state index in [1.165, 1.54) is 11.8 Å². The zero-order chi connectivity index (χ0) is 20.8. The van der Waals surface area contributed by atoms with Gasteiger partial charge in [0, 0.05) is 25.3 Å². The molecule has 8 nitrogen and oxygen atoms in total. The maximum atomic E-state index is 13.2. The molecule has 0 saturated carbocycles. The molecule has 1 aromatic carbocycles. The summed E-state index contributed by atoms with van der Waals surface area (Å²) in [6.07, 6.45) is 1.91. The Morgan fingerprint density at radius 3 is 2.67 bits per heavy atom. The summed E-state index contributed by atoms with van der Waals surface area (Å²) in [5.74, 6) is 0.719. The molecule has 30 heavy (non-hydrogen) atoms. The Morgan fingerprint density at radius 2 is 1.93 bits per heavy atom. The maximum Gasteiger partial charge on any atom is 0.265 e. The minimum atomic E-state index is -0.199. The smallest absolute Gasteiger partial charge is 0.265 e. The topological polar surface area (TPSA) is 82.3 Å². The largest absolute Gasteiger partial charge is 0.372 e. The van der Waals surface area contributed by atoms with Crippen LogP contribution in [0.4, 0.5) is 0 Å². The van der Waals surface area contributed by atoms with Gasteiger partial charge in [-0.2, -0.15) is 5.10 Å². The Balaban J connectivity index is 1.45. The number of nitrogens with zero attached hydrogens (tertiary/aromatic N) is 5. The lowest BCUT2D eigenvalue weighted by Gasteiger charge is -2.35. The summed E-state index contributed by atoms with van der Waals surface area (Å²) in [5.41, 5.74) is 1.27. The van der Waals surface area contributed by atoms with Crippen molar-refractivity contribution in [3.8, 4) is 5.69 Å². The quantitative estimate of drug-likeness (QED) is 0.599. The van der Waals surface area contributed by atoms with Gasteiger partial charge in [-0.25, -0.2) is 9.67 Å². The van der Waals surface area contributed by atoms with E-state index in [1.807, 2.05) is 49.1 Å². The molecule has 2 aromatic heterocycles. The molecule has 5 rings (SSSR count). The van der Waals surface area contributed by atoms with Crippen molar-refractivity contribution < 1.29 is 9.53 Å². The lowest BCUT2D eigenvalue weighted by Crippen LogP contribution is -2.48. The zero-order valence-corrected chi connectivity index (χ0v) is 17.7. The van der Waals surface area contributed by atoms with Gasteiger partial charge >= 0.3 is 0 Å². The predicted octanol–water partition coefficient (Wildman–Crippen LogP) is 2.25. The molecule has 1 fully saturated rings. The summed E-state index contributed by atoms with van der Waals surface area (Å²) >= 11 is 1.52. The van der Waals surface area contributed by atoms with Crippen LogP contribution in [0.1, 0.15) is 26.3 Å². The van der Waals surface area contributed by atoms with Crippen LogP contribution in [0.5, 0.6) is 0 Å². The van der Waals surface area contributed by atoms with Crippen molar-refractivity contribution in [2.24, 2.45) is 0 Å². The maximum absolute atomic E-state index is 13.2. The number of hydrogen-bond acceptors (Lipinski definition) is 6. The van der Waals surface area contributed by atoms with Crippen LogP contribution < -0.4 is 5.56 Å². The minimum absolute atomic E-state index is 0.0239. The van der Waals surface area contributed by atoms with E-state index in [-0.39, 0.29) is 29.7 Å². The number of morpholine rings is 1. The highest BCUT2D eigenvalue weighted by Gasteiger charge is 2.33. The second-order valence-electron chi connectivity index (χ2n) is 7.92. The average Bonchev–Trinajstić information content (AvgIpc) is 3.33. The van der Waals surface area contributed by atoms with Gasteiger partial charge in [0.15, 0.2) is 10.8 Å². The fraction of sp³-hybridized carbons (Fsp3) is 0.429. The van der Waals surface area contributed by atoms with Gasteiger partial charge in [-0.1, -0.05) is 30.0 Å². The third kappa shape index (κ3) is 3.31. The van der Waals surface area contributed by atoms with Crippen molar-refractivity contribution in [1.29, 1.82) is 0 Å². The number of ether oxygens (including phenoxy) is 1. The van der Waals surface area contributed by atoms with Gasteiger partial charge in [-0.05, 0) is 26.0 Å². The first kappa shape index (κ1) is 19.3. The molecule has 4 heterocycles. The van der Waals surface area contributed by atoms with Gasteiger partial charge in [0.2, 0.25) is 5.91 Å². The van der Waals surface area contributed by atoms with E-state index < -0.39 is 0 Å². The van der Waals surface area contributed by atoms with E-state index in [2.05, 4.69) is 5.10 Å². The number of hydrogen-bond donors (Lipinski definition) is 0.